The number of benzene rings is 1. The number of aromatic nitrogens is 3. The molecule has 2 heterocycles. The molecule has 130 valence electrons. The normalized spacial score (nSPS) is 11.6. The van der Waals surface area contributed by atoms with Crippen LogP contribution in [0, 0.1) is 0 Å². The molecule has 0 radical (unpaired) electrons. The van der Waals surface area contributed by atoms with Crippen LogP contribution in [-0.4, -0.2) is 28.9 Å². The van der Waals surface area contributed by atoms with Crippen LogP contribution in [-0.2, 0) is 28.4 Å². The van der Waals surface area contributed by atoms with E-state index in [2.05, 4.69) is 9.97 Å². The number of hydrogen-bond donors (Lipinski definition) is 2. The van der Waals surface area contributed by atoms with Gasteiger partial charge in [-0.1, -0.05) is 12.1 Å². The first-order valence-corrected chi connectivity index (χ1v) is 8.68. The number of ether oxygens (including phenoxy) is 1. The number of sulfonamides is 1. The summed E-state index contributed by atoms with van der Waals surface area (Å²) in [4.78, 5) is 20.4. The summed E-state index contributed by atoms with van der Waals surface area (Å²) in [6.07, 6.45) is 1.23. The van der Waals surface area contributed by atoms with E-state index < -0.39 is 16.0 Å². The summed E-state index contributed by atoms with van der Waals surface area (Å²) in [7, 11) is -2.40. The van der Waals surface area contributed by atoms with E-state index in [9.17, 15) is 13.2 Å². The molecule has 0 spiro atoms. The van der Waals surface area contributed by atoms with Gasteiger partial charge in [-0.2, -0.15) is 0 Å². The van der Waals surface area contributed by atoms with Crippen LogP contribution in [0.1, 0.15) is 16.3 Å². The maximum atomic E-state index is 12.2. The number of rotatable bonds is 4. The number of nitrogens with zero attached hydrogens (tertiary/aromatic N) is 3. The number of para-hydroxylation sites is 1. The Morgan fingerprint density at radius 3 is 2.68 bits per heavy atom. The van der Waals surface area contributed by atoms with Crippen LogP contribution in [0.4, 0.5) is 5.82 Å². The van der Waals surface area contributed by atoms with E-state index in [1.54, 1.807) is 12.1 Å². The molecular weight excluding hydrogens is 346 g/mol. The first kappa shape index (κ1) is 16.9. The molecule has 0 saturated carbocycles. The molecule has 0 saturated heterocycles. The second-order valence-electron chi connectivity index (χ2n) is 5.34. The van der Waals surface area contributed by atoms with E-state index in [0.29, 0.717) is 10.9 Å². The molecule has 0 aliphatic rings. The molecule has 0 aliphatic carbocycles. The highest BCUT2D eigenvalue weighted by atomic mass is 32.2. The summed E-state index contributed by atoms with van der Waals surface area (Å²) in [5, 5.41) is 5.75. The zero-order valence-corrected chi connectivity index (χ0v) is 14.0. The van der Waals surface area contributed by atoms with Gasteiger partial charge < -0.3 is 15.0 Å². The fraction of sp³-hybridized carbons (Fsp3) is 0.133. The number of carbonyl (C=O) groups is 1. The number of hydrogen-bond acceptors (Lipinski definition) is 7. The van der Waals surface area contributed by atoms with Crippen molar-refractivity contribution in [2.24, 2.45) is 12.2 Å². The first-order chi connectivity index (χ1) is 11.8. The number of nitrogens with two attached hydrogens (primary N) is 2. The summed E-state index contributed by atoms with van der Waals surface area (Å²) in [6, 6.07) is 8.34. The van der Waals surface area contributed by atoms with Crippen LogP contribution in [0.5, 0.6) is 0 Å². The highest BCUT2D eigenvalue weighted by molar-refractivity contribution is 7.89. The summed E-state index contributed by atoms with van der Waals surface area (Å²) < 4.78 is 29.1. The molecule has 0 atom stereocenters. The Bertz CT molecular complexity index is 1070. The SMILES string of the molecule is Cn1cc(S(N)(=O)=O)cc1C(=O)OCc1nc(N)c2ccccc2n1. The van der Waals surface area contributed by atoms with Gasteiger partial charge in [-0.05, 0) is 18.2 Å². The molecule has 3 aromatic rings. The molecule has 0 aliphatic heterocycles. The van der Waals surface area contributed by atoms with Crippen LogP contribution in [0.2, 0.25) is 0 Å². The van der Waals surface area contributed by atoms with Gasteiger partial charge in [0.1, 0.15) is 16.4 Å². The summed E-state index contributed by atoms with van der Waals surface area (Å²) in [6.45, 7) is -0.205. The minimum atomic E-state index is -3.90. The van der Waals surface area contributed by atoms with E-state index >= 15 is 0 Å². The third-order valence-corrected chi connectivity index (χ3v) is 4.41. The topological polar surface area (TPSA) is 143 Å². The van der Waals surface area contributed by atoms with Gasteiger partial charge in [0.15, 0.2) is 12.4 Å². The zero-order chi connectivity index (χ0) is 18.2. The Morgan fingerprint density at radius 2 is 2.00 bits per heavy atom. The van der Waals surface area contributed by atoms with Crippen molar-refractivity contribution in [3.8, 4) is 0 Å². The molecule has 1 aromatic carbocycles. The second kappa shape index (κ2) is 6.15. The molecule has 9 nitrogen and oxygen atoms in total. The van der Waals surface area contributed by atoms with Crippen molar-refractivity contribution in [2.75, 3.05) is 5.73 Å². The van der Waals surface area contributed by atoms with E-state index in [1.165, 1.54) is 17.8 Å². The number of anilines is 1. The molecule has 0 bridgehead atoms. The van der Waals surface area contributed by atoms with Gasteiger partial charge in [-0.3, -0.25) is 0 Å². The van der Waals surface area contributed by atoms with Crippen molar-refractivity contribution in [1.29, 1.82) is 0 Å². The first-order valence-electron chi connectivity index (χ1n) is 7.13. The molecule has 2 aromatic heterocycles. The summed E-state index contributed by atoms with van der Waals surface area (Å²) >= 11 is 0. The Kier molecular flexibility index (Phi) is 4.15. The largest absolute Gasteiger partial charge is 0.453 e. The van der Waals surface area contributed by atoms with Crippen LogP contribution >= 0.6 is 0 Å². The van der Waals surface area contributed by atoms with Gasteiger partial charge in [0.25, 0.3) is 0 Å². The lowest BCUT2D eigenvalue weighted by Crippen LogP contribution is -2.12. The van der Waals surface area contributed by atoms with Crippen LogP contribution in [0.25, 0.3) is 10.9 Å². The van der Waals surface area contributed by atoms with Crippen LogP contribution < -0.4 is 10.9 Å². The third kappa shape index (κ3) is 3.44. The summed E-state index contributed by atoms with van der Waals surface area (Å²) in [5.74, 6) is -0.204. The Balaban J connectivity index is 1.80. The van der Waals surface area contributed by atoms with Crippen LogP contribution in [0.3, 0.4) is 0 Å². The molecule has 0 amide bonds. The zero-order valence-electron chi connectivity index (χ0n) is 13.2. The molecule has 4 N–H and O–H groups in total. The van der Waals surface area contributed by atoms with Crippen molar-refractivity contribution >= 4 is 32.7 Å². The number of aryl methyl sites for hydroxylation is 1. The molecule has 0 unspecified atom stereocenters. The smallest absolute Gasteiger partial charge is 0.355 e. The fourth-order valence-corrected chi connectivity index (χ4v) is 2.89. The van der Waals surface area contributed by atoms with Gasteiger partial charge in [0.05, 0.1) is 5.52 Å². The second-order valence-corrected chi connectivity index (χ2v) is 6.90. The Labute approximate surface area is 143 Å². The standard InChI is InChI=1S/C15H15N5O4S/c1-20-7-9(25(17,22)23)6-12(20)15(21)24-8-13-18-11-5-3-2-4-10(11)14(16)19-13/h2-7H,8H2,1H3,(H2,16,18,19)(H2,17,22,23). The van der Waals surface area contributed by atoms with Gasteiger partial charge >= 0.3 is 5.97 Å². The quantitative estimate of drug-likeness (QED) is 0.646. The molecule has 25 heavy (non-hydrogen) atoms. The van der Waals surface area contributed by atoms with E-state index in [0.717, 1.165) is 6.07 Å². The Hall–Kier alpha value is -2.98. The average molecular weight is 361 g/mol. The molecule has 0 fully saturated rings. The number of fused-ring (bicyclic) bond motifs is 1. The van der Waals surface area contributed by atoms with E-state index in [-0.39, 0.29) is 28.8 Å². The molecule has 10 heteroatoms. The third-order valence-electron chi connectivity index (χ3n) is 3.53. The van der Waals surface area contributed by atoms with Crippen molar-refractivity contribution in [1.82, 2.24) is 14.5 Å². The lowest BCUT2D eigenvalue weighted by molar-refractivity contribution is 0.0451. The lowest BCUT2D eigenvalue weighted by Gasteiger charge is -2.07. The lowest BCUT2D eigenvalue weighted by atomic mass is 10.2. The van der Waals surface area contributed by atoms with Crippen molar-refractivity contribution in [3.05, 3.63) is 48.0 Å². The van der Waals surface area contributed by atoms with Gasteiger partial charge in [-0.25, -0.2) is 28.3 Å². The number of primary sulfonamides is 1. The monoisotopic (exact) mass is 361 g/mol. The van der Waals surface area contributed by atoms with Crippen molar-refractivity contribution in [2.45, 2.75) is 11.5 Å². The van der Waals surface area contributed by atoms with Crippen LogP contribution in [0.15, 0.2) is 41.4 Å². The predicted molar refractivity (Wildman–Crippen MR) is 89.9 cm³/mol. The fourth-order valence-electron chi connectivity index (χ4n) is 2.31. The molecular formula is C15H15N5O4S. The maximum absolute atomic E-state index is 12.2. The predicted octanol–water partition coefficient (Wildman–Crippen LogP) is 0.555. The Morgan fingerprint density at radius 1 is 1.28 bits per heavy atom. The number of carbonyl (C=O) groups excluding carboxylic acids is 1. The van der Waals surface area contributed by atoms with Gasteiger partial charge in [-0.15, -0.1) is 0 Å². The van der Waals surface area contributed by atoms with Crippen molar-refractivity contribution < 1.29 is 17.9 Å². The minimum Gasteiger partial charge on any atom is -0.453 e. The number of nitrogen functional groups attached to an aromatic ring is 1. The highest BCUT2D eigenvalue weighted by Gasteiger charge is 2.19. The van der Waals surface area contributed by atoms with Crippen molar-refractivity contribution in [3.63, 3.8) is 0 Å². The molecule has 3 rings (SSSR count). The average Bonchev–Trinajstić information content (AvgIpc) is 2.95. The summed E-state index contributed by atoms with van der Waals surface area (Å²) in [5.41, 5.74) is 6.55. The van der Waals surface area contributed by atoms with E-state index in [4.69, 9.17) is 15.6 Å². The highest BCUT2D eigenvalue weighted by Crippen LogP contribution is 2.18. The van der Waals surface area contributed by atoms with Gasteiger partial charge in [0.2, 0.25) is 10.0 Å². The minimum absolute atomic E-state index is 0.0396. The van der Waals surface area contributed by atoms with E-state index in [1.807, 2.05) is 12.1 Å². The maximum Gasteiger partial charge on any atom is 0.355 e. The number of esters is 1. The van der Waals surface area contributed by atoms with Gasteiger partial charge in [0, 0.05) is 18.6 Å².